The summed E-state index contributed by atoms with van der Waals surface area (Å²) in [5, 5.41) is 0. The van der Waals surface area contributed by atoms with Crippen molar-refractivity contribution in [3.63, 3.8) is 0 Å². The third-order valence-corrected chi connectivity index (χ3v) is 3.48. The molecule has 0 saturated carbocycles. The molecule has 2 aromatic rings. The van der Waals surface area contributed by atoms with Gasteiger partial charge in [-0.25, -0.2) is 4.79 Å². The van der Waals surface area contributed by atoms with Crippen molar-refractivity contribution < 1.29 is 14.3 Å². The van der Waals surface area contributed by atoms with E-state index in [1.165, 1.54) is 0 Å². The van der Waals surface area contributed by atoms with E-state index >= 15 is 0 Å². The van der Waals surface area contributed by atoms with Gasteiger partial charge in [0, 0.05) is 4.47 Å². The molecule has 0 spiro atoms. The molecule has 0 saturated heterocycles. The van der Waals surface area contributed by atoms with Crippen LogP contribution < -0.4 is 9.47 Å². The highest BCUT2D eigenvalue weighted by Crippen LogP contribution is 2.29. The highest BCUT2D eigenvalue weighted by molar-refractivity contribution is 9.10. The molecule has 0 N–H and O–H groups in total. The molecular weight excluding hydrogens is 332 g/mol. The van der Waals surface area contributed by atoms with E-state index in [0.717, 1.165) is 15.6 Å². The summed E-state index contributed by atoms with van der Waals surface area (Å²) in [6, 6.07) is 10.9. The average Bonchev–Trinajstić information content (AvgIpc) is 2.43. The summed E-state index contributed by atoms with van der Waals surface area (Å²) in [6.07, 6.45) is 0. The van der Waals surface area contributed by atoms with Crippen LogP contribution in [0.15, 0.2) is 40.9 Å². The molecule has 0 amide bonds. The Morgan fingerprint density at radius 1 is 1.14 bits per heavy atom. The van der Waals surface area contributed by atoms with E-state index in [1.807, 2.05) is 39.0 Å². The molecule has 0 aliphatic rings. The van der Waals surface area contributed by atoms with Crippen molar-refractivity contribution in [2.45, 2.75) is 20.8 Å². The predicted molar refractivity (Wildman–Crippen MR) is 86.2 cm³/mol. The summed E-state index contributed by atoms with van der Waals surface area (Å²) >= 11 is 3.43. The number of halogens is 1. The molecule has 3 nitrogen and oxygen atoms in total. The molecule has 0 radical (unpaired) electrons. The fourth-order valence-electron chi connectivity index (χ4n) is 2.12. The van der Waals surface area contributed by atoms with Crippen LogP contribution in [0.2, 0.25) is 0 Å². The van der Waals surface area contributed by atoms with Crippen LogP contribution in [0, 0.1) is 13.8 Å². The van der Waals surface area contributed by atoms with Crippen LogP contribution in [0.3, 0.4) is 0 Å². The number of benzene rings is 2. The fraction of sp³-hybridized carbons (Fsp3) is 0.235. The second kappa shape index (κ2) is 6.76. The van der Waals surface area contributed by atoms with E-state index in [4.69, 9.17) is 9.47 Å². The number of carbonyl (C=O) groups excluding carboxylic acids is 1. The average molecular weight is 349 g/mol. The standard InChI is InChI=1S/C17H17BrO3/c1-4-20-15-8-6-5-7-14(15)17(19)21-16-11(2)9-13(18)10-12(16)3/h5-10H,4H2,1-3H3. The molecule has 4 heteroatoms. The van der Waals surface area contributed by atoms with Crippen LogP contribution in [0.4, 0.5) is 0 Å². The summed E-state index contributed by atoms with van der Waals surface area (Å²) < 4.78 is 12.0. The molecule has 2 rings (SSSR count). The van der Waals surface area contributed by atoms with Crippen LogP contribution in [0.5, 0.6) is 11.5 Å². The maximum Gasteiger partial charge on any atom is 0.347 e. The molecule has 0 aromatic heterocycles. The van der Waals surface area contributed by atoms with Gasteiger partial charge in [0.15, 0.2) is 0 Å². The molecular formula is C17H17BrO3. The fourth-order valence-corrected chi connectivity index (χ4v) is 2.81. The number of carbonyl (C=O) groups is 1. The summed E-state index contributed by atoms with van der Waals surface area (Å²) in [7, 11) is 0. The first-order chi connectivity index (χ1) is 10.0. The van der Waals surface area contributed by atoms with Crippen molar-refractivity contribution in [2.24, 2.45) is 0 Å². The first-order valence-corrected chi connectivity index (χ1v) is 7.53. The Labute approximate surface area is 133 Å². The smallest absolute Gasteiger partial charge is 0.347 e. The largest absolute Gasteiger partial charge is 0.493 e. The van der Waals surface area contributed by atoms with Crippen LogP contribution >= 0.6 is 15.9 Å². The highest BCUT2D eigenvalue weighted by atomic mass is 79.9. The topological polar surface area (TPSA) is 35.5 Å². The van der Waals surface area contributed by atoms with Gasteiger partial charge in [-0.2, -0.15) is 0 Å². The van der Waals surface area contributed by atoms with Crippen molar-refractivity contribution in [2.75, 3.05) is 6.61 Å². The number of para-hydroxylation sites is 1. The van der Waals surface area contributed by atoms with Gasteiger partial charge in [-0.1, -0.05) is 28.1 Å². The molecule has 0 aliphatic carbocycles. The van der Waals surface area contributed by atoms with Gasteiger partial charge in [0.2, 0.25) is 0 Å². The van der Waals surface area contributed by atoms with Crippen molar-refractivity contribution in [1.29, 1.82) is 0 Å². The molecule has 0 atom stereocenters. The second-order valence-corrected chi connectivity index (χ2v) is 5.60. The lowest BCUT2D eigenvalue weighted by Crippen LogP contribution is -2.12. The van der Waals surface area contributed by atoms with Crippen molar-refractivity contribution in [3.05, 3.63) is 57.6 Å². The number of esters is 1. The zero-order chi connectivity index (χ0) is 15.4. The zero-order valence-corrected chi connectivity index (χ0v) is 13.9. The van der Waals surface area contributed by atoms with Gasteiger partial charge in [-0.05, 0) is 56.2 Å². The first kappa shape index (κ1) is 15.6. The third-order valence-electron chi connectivity index (χ3n) is 3.03. The molecule has 0 aliphatic heterocycles. The highest BCUT2D eigenvalue weighted by Gasteiger charge is 2.16. The lowest BCUT2D eigenvalue weighted by atomic mass is 10.1. The van der Waals surface area contributed by atoms with Gasteiger partial charge in [-0.15, -0.1) is 0 Å². The van der Waals surface area contributed by atoms with E-state index in [9.17, 15) is 4.79 Å². The van der Waals surface area contributed by atoms with Gasteiger partial charge in [-0.3, -0.25) is 0 Å². The van der Waals surface area contributed by atoms with Gasteiger partial charge >= 0.3 is 5.97 Å². The van der Waals surface area contributed by atoms with E-state index in [2.05, 4.69) is 15.9 Å². The summed E-state index contributed by atoms with van der Waals surface area (Å²) in [6.45, 7) is 6.20. The Balaban J connectivity index is 2.31. The minimum absolute atomic E-state index is 0.410. The molecule has 0 bridgehead atoms. The number of hydrogen-bond donors (Lipinski definition) is 0. The van der Waals surface area contributed by atoms with E-state index in [-0.39, 0.29) is 0 Å². The molecule has 0 heterocycles. The number of ether oxygens (including phenoxy) is 2. The number of rotatable bonds is 4. The lowest BCUT2D eigenvalue weighted by Gasteiger charge is -2.13. The third kappa shape index (κ3) is 3.64. The Morgan fingerprint density at radius 2 is 1.76 bits per heavy atom. The minimum atomic E-state index is -0.410. The SMILES string of the molecule is CCOc1ccccc1C(=O)Oc1c(C)cc(Br)cc1C. The predicted octanol–water partition coefficient (Wildman–Crippen LogP) is 4.68. The van der Waals surface area contributed by atoms with Crippen LogP contribution in [-0.2, 0) is 0 Å². The Bertz CT molecular complexity index is 642. The molecule has 2 aromatic carbocycles. The Kier molecular flexibility index (Phi) is 5.02. The van der Waals surface area contributed by atoms with Gasteiger partial charge in [0.25, 0.3) is 0 Å². The van der Waals surface area contributed by atoms with Gasteiger partial charge in [0.05, 0.1) is 6.61 Å². The van der Waals surface area contributed by atoms with Gasteiger partial charge in [0.1, 0.15) is 17.1 Å². The summed E-state index contributed by atoms with van der Waals surface area (Å²) in [4.78, 5) is 12.4. The number of aryl methyl sites for hydroxylation is 2. The Morgan fingerprint density at radius 3 is 2.38 bits per heavy atom. The maximum absolute atomic E-state index is 12.4. The van der Waals surface area contributed by atoms with Crippen LogP contribution in [0.1, 0.15) is 28.4 Å². The van der Waals surface area contributed by atoms with Crippen LogP contribution in [-0.4, -0.2) is 12.6 Å². The molecule has 0 unspecified atom stereocenters. The Hall–Kier alpha value is -1.81. The molecule has 110 valence electrons. The van der Waals surface area contributed by atoms with Crippen molar-refractivity contribution in [1.82, 2.24) is 0 Å². The van der Waals surface area contributed by atoms with Gasteiger partial charge < -0.3 is 9.47 Å². The normalized spacial score (nSPS) is 10.3. The monoisotopic (exact) mass is 348 g/mol. The molecule has 0 fully saturated rings. The first-order valence-electron chi connectivity index (χ1n) is 6.73. The van der Waals surface area contributed by atoms with Crippen LogP contribution in [0.25, 0.3) is 0 Å². The van der Waals surface area contributed by atoms with E-state index in [0.29, 0.717) is 23.7 Å². The van der Waals surface area contributed by atoms with E-state index in [1.54, 1.807) is 18.2 Å². The zero-order valence-electron chi connectivity index (χ0n) is 12.3. The number of hydrogen-bond acceptors (Lipinski definition) is 3. The maximum atomic E-state index is 12.4. The minimum Gasteiger partial charge on any atom is -0.493 e. The van der Waals surface area contributed by atoms with E-state index < -0.39 is 5.97 Å². The summed E-state index contributed by atoms with van der Waals surface area (Å²) in [5.41, 5.74) is 2.24. The van der Waals surface area contributed by atoms with Crippen molar-refractivity contribution >= 4 is 21.9 Å². The second-order valence-electron chi connectivity index (χ2n) is 4.69. The summed E-state index contributed by atoms with van der Waals surface area (Å²) in [5.74, 6) is 0.722. The quantitative estimate of drug-likeness (QED) is 0.594. The molecule has 21 heavy (non-hydrogen) atoms. The lowest BCUT2D eigenvalue weighted by molar-refractivity contribution is 0.0728. The van der Waals surface area contributed by atoms with Crippen molar-refractivity contribution in [3.8, 4) is 11.5 Å².